The van der Waals surface area contributed by atoms with Crippen molar-refractivity contribution in [3.63, 3.8) is 0 Å². The van der Waals surface area contributed by atoms with E-state index < -0.39 is 36.3 Å². The fourth-order valence-electron chi connectivity index (χ4n) is 2.42. The van der Waals surface area contributed by atoms with E-state index in [1.54, 1.807) is 6.92 Å². The molecule has 1 aromatic heterocycles. The maximum Gasteiger partial charge on any atom is 0.412 e. The molecule has 1 amide bonds. The van der Waals surface area contributed by atoms with Gasteiger partial charge in [0.25, 0.3) is 0 Å². The number of amides is 1. The smallest absolute Gasteiger partial charge is 0.412 e. The quantitative estimate of drug-likeness (QED) is 0.595. The maximum atomic E-state index is 12.2. The summed E-state index contributed by atoms with van der Waals surface area (Å²) in [6.45, 7) is 3.92. The molecule has 0 radical (unpaired) electrons. The van der Waals surface area contributed by atoms with Crippen LogP contribution in [0.5, 0.6) is 0 Å². The number of halogens is 1. The van der Waals surface area contributed by atoms with Gasteiger partial charge in [-0.05, 0) is 29.3 Å². The lowest BCUT2D eigenvalue weighted by Gasteiger charge is -2.18. The van der Waals surface area contributed by atoms with E-state index in [-0.39, 0.29) is 12.4 Å². The number of aliphatic hydroxyl groups is 2. The summed E-state index contributed by atoms with van der Waals surface area (Å²) in [7, 11) is 0. The molecular formula is C15H22BrN3O6. The number of anilines is 1. The Morgan fingerprint density at radius 3 is 2.76 bits per heavy atom. The first-order valence-corrected chi connectivity index (χ1v) is 8.88. The second-order valence-corrected chi connectivity index (χ2v) is 6.66. The molecule has 1 aliphatic rings. The van der Waals surface area contributed by atoms with Crippen molar-refractivity contribution in [3.05, 3.63) is 21.2 Å². The van der Waals surface area contributed by atoms with E-state index in [4.69, 9.17) is 9.47 Å². The second-order valence-electron chi connectivity index (χ2n) is 5.81. The molecule has 0 spiro atoms. The maximum absolute atomic E-state index is 12.2. The summed E-state index contributed by atoms with van der Waals surface area (Å²) in [5.74, 6) is 0.00262. The SMILES string of the molecule is CCCCCOC(=O)Nc1nc(=O)n([C@@H]2O[C@H](C)C(O)C2O)cc1Br. The van der Waals surface area contributed by atoms with Gasteiger partial charge in [0.15, 0.2) is 12.0 Å². The first kappa shape index (κ1) is 19.8. The molecule has 2 unspecified atom stereocenters. The minimum absolute atomic E-state index is 0.00262. The van der Waals surface area contributed by atoms with Crippen molar-refractivity contribution < 1.29 is 24.5 Å². The Balaban J connectivity index is 2.07. The highest BCUT2D eigenvalue weighted by Gasteiger charge is 2.42. The molecule has 0 saturated carbocycles. The largest absolute Gasteiger partial charge is 0.449 e. The Morgan fingerprint density at radius 2 is 2.16 bits per heavy atom. The topological polar surface area (TPSA) is 123 Å². The molecule has 0 bridgehead atoms. The van der Waals surface area contributed by atoms with Crippen molar-refractivity contribution in [3.8, 4) is 0 Å². The molecule has 1 aromatic rings. The van der Waals surface area contributed by atoms with Crippen LogP contribution >= 0.6 is 15.9 Å². The molecule has 140 valence electrons. The third-order valence-corrected chi connectivity index (χ3v) is 4.44. The number of carbonyl (C=O) groups excluding carboxylic acids is 1. The standard InChI is InChI=1S/C15H22BrN3O6/c1-3-4-5-6-24-15(23)18-12-9(16)7-19(14(22)17-12)13-11(21)10(20)8(2)25-13/h7-8,10-11,13,20-21H,3-6H2,1-2H3,(H,17,18,22,23)/t8-,10?,11?,13-/m1/s1. The first-order chi connectivity index (χ1) is 11.8. The average Bonchev–Trinajstić information content (AvgIpc) is 2.82. The van der Waals surface area contributed by atoms with Crippen LogP contribution in [0.4, 0.5) is 10.6 Å². The van der Waals surface area contributed by atoms with Crippen LogP contribution in [0.25, 0.3) is 0 Å². The number of ether oxygens (including phenoxy) is 2. The van der Waals surface area contributed by atoms with Crippen LogP contribution in [0.15, 0.2) is 15.5 Å². The van der Waals surface area contributed by atoms with Crippen LogP contribution < -0.4 is 11.0 Å². The fraction of sp³-hybridized carbons (Fsp3) is 0.667. The third kappa shape index (κ3) is 4.78. The molecule has 1 aliphatic heterocycles. The summed E-state index contributed by atoms with van der Waals surface area (Å²) in [6.07, 6.45) is -0.688. The number of nitrogens with one attached hydrogen (secondary N) is 1. The van der Waals surface area contributed by atoms with Crippen LogP contribution in [-0.2, 0) is 9.47 Å². The van der Waals surface area contributed by atoms with Crippen molar-refractivity contribution in [2.75, 3.05) is 11.9 Å². The first-order valence-electron chi connectivity index (χ1n) is 8.09. The van der Waals surface area contributed by atoms with E-state index >= 15 is 0 Å². The van der Waals surface area contributed by atoms with Gasteiger partial charge in [0, 0.05) is 6.20 Å². The Labute approximate surface area is 153 Å². The van der Waals surface area contributed by atoms with Crippen molar-refractivity contribution >= 4 is 27.8 Å². The van der Waals surface area contributed by atoms with Crippen molar-refractivity contribution in [2.24, 2.45) is 0 Å². The minimum atomic E-state index is -1.26. The summed E-state index contributed by atoms with van der Waals surface area (Å²) < 4.78 is 11.8. The highest BCUT2D eigenvalue weighted by atomic mass is 79.9. The molecule has 0 aliphatic carbocycles. The van der Waals surface area contributed by atoms with Gasteiger partial charge in [-0.3, -0.25) is 9.88 Å². The van der Waals surface area contributed by atoms with Gasteiger partial charge in [0.1, 0.15) is 12.2 Å². The third-order valence-electron chi connectivity index (χ3n) is 3.86. The molecule has 2 heterocycles. The van der Waals surface area contributed by atoms with Gasteiger partial charge in [-0.25, -0.2) is 9.59 Å². The van der Waals surface area contributed by atoms with Crippen LogP contribution in [0.3, 0.4) is 0 Å². The lowest BCUT2D eigenvalue weighted by atomic mass is 10.1. The average molecular weight is 420 g/mol. The number of hydrogen-bond acceptors (Lipinski definition) is 7. The fourth-order valence-corrected chi connectivity index (χ4v) is 2.83. The van der Waals surface area contributed by atoms with Gasteiger partial charge in [-0.2, -0.15) is 4.98 Å². The molecule has 4 atom stereocenters. The molecule has 10 heteroatoms. The van der Waals surface area contributed by atoms with Gasteiger partial charge in [-0.15, -0.1) is 0 Å². The van der Waals surface area contributed by atoms with Crippen LogP contribution in [-0.4, -0.2) is 50.8 Å². The molecule has 9 nitrogen and oxygen atoms in total. The van der Waals surface area contributed by atoms with Gasteiger partial charge in [0.05, 0.1) is 17.2 Å². The van der Waals surface area contributed by atoms with E-state index in [1.807, 2.05) is 6.92 Å². The molecule has 0 aromatic carbocycles. The number of carbonyl (C=O) groups is 1. The summed E-state index contributed by atoms with van der Waals surface area (Å²) in [4.78, 5) is 27.7. The number of aromatic nitrogens is 2. The van der Waals surface area contributed by atoms with Gasteiger partial charge in [-0.1, -0.05) is 19.8 Å². The van der Waals surface area contributed by atoms with Crippen molar-refractivity contribution in [1.82, 2.24) is 9.55 Å². The summed E-state index contributed by atoms with van der Waals surface area (Å²) in [6, 6.07) is 0. The summed E-state index contributed by atoms with van der Waals surface area (Å²) in [5, 5.41) is 22.1. The number of hydrogen-bond donors (Lipinski definition) is 3. The number of nitrogens with zero attached hydrogens (tertiary/aromatic N) is 2. The predicted octanol–water partition coefficient (Wildman–Crippen LogP) is 1.38. The Bertz CT molecular complexity index is 667. The predicted molar refractivity (Wildman–Crippen MR) is 92.3 cm³/mol. The molecule has 3 N–H and O–H groups in total. The monoisotopic (exact) mass is 419 g/mol. The Morgan fingerprint density at radius 1 is 1.44 bits per heavy atom. The number of rotatable bonds is 6. The lowest BCUT2D eigenvalue weighted by Crippen LogP contribution is -2.35. The van der Waals surface area contributed by atoms with E-state index in [2.05, 4.69) is 26.2 Å². The van der Waals surface area contributed by atoms with Gasteiger partial charge < -0.3 is 19.7 Å². The normalized spacial score (nSPS) is 25.8. The molecule has 1 fully saturated rings. The zero-order valence-electron chi connectivity index (χ0n) is 14.0. The van der Waals surface area contributed by atoms with Crippen molar-refractivity contribution in [1.29, 1.82) is 0 Å². The summed E-state index contributed by atoms with van der Waals surface area (Å²) in [5.41, 5.74) is -0.741. The van der Waals surface area contributed by atoms with Gasteiger partial charge >= 0.3 is 11.8 Å². The van der Waals surface area contributed by atoms with Crippen LogP contribution in [0.1, 0.15) is 39.3 Å². The zero-order valence-corrected chi connectivity index (χ0v) is 15.6. The van der Waals surface area contributed by atoms with Crippen LogP contribution in [0, 0.1) is 0 Å². The molecule has 2 rings (SSSR count). The molecular weight excluding hydrogens is 398 g/mol. The van der Waals surface area contributed by atoms with E-state index in [1.165, 1.54) is 6.20 Å². The van der Waals surface area contributed by atoms with Crippen molar-refractivity contribution in [2.45, 2.75) is 57.6 Å². The number of unbranched alkanes of at least 4 members (excludes halogenated alkanes) is 2. The minimum Gasteiger partial charge on any atom is -0.449 e. The van der Waals surface area contributed by atoms with E-state index in [9.17, 15) is 19.8 Å². The Hall–Kier alpha value is -1.49. The van der Waals surface area contributed by atoms with E-state index in [0.29, 0.717) is 4.47 Å². The highest BCUT2D eigenvalue weighted by Crippen LogP contribution is 2.29. The number of aliphatic hydroxyl groups excluding tert-OH is 2. The van der Waals surface area contributed by atoms with E-state index in [0.717, 1.165) is 23.8 Å². The summed E-state index contributed by atoms with van der Waals surface area (Å²) >= 11 is 3.21. The lowest BCUT2D eigenvalue weighted by molar-refractivity contribution is -0.0351. The van der Waals surface area contributed by atoms with Crippen LogP contribution in [0.2, 0.25) is 0 Å². The second kappa shape index (κ2) is 8.75. The highest BCUT2D eigenvalue weighted by molar-refractivity contribution is 9.10. The molecule has 1 saturated heterocycles. The zero-order chi connectivity index (χ0) is 18.6. The molecule has 25 heavy (non-hydrogen) atoms. The van der Waals surface area contributed by atoms with Gasteiger partial charge in [0.2, 0.25) is 0 Å². The Kier molecular flexibility index (Phi) is 6.94.